The van der Waals surface area contributed by atoms with Gasteiger partial charge >= 0.3 is 0 Å². The minimum atomic E-state index is -0.824. The van der Waals surface area contributed by atoms with Crippen LogP contribution in [0.15, 0.2) is 30.5 Å². The molecule has 0 unspecified atom stereocenters. The zero-order chi connectivity index (χ0) is 18.9. The minimum Gasteiger partial charge on any atom is -0.491 e. The van der Waals surface area contributed by atoms with Crippen LogP contribution in [-0.4, -0.2) is 44.9 Å². The van der Waals surface area contributed by atoms with Crippen molar-refractivity contribution in [1.29, 1.82) is 0 Å². The van der Waals surface area contributed by atoms with Gasteiger partial charge in [-0.05, 0) is 39.0 Å². The summed E-state index contributed by atoms with van der Waals surface area (Å²) in [7, 11) is 0. The van der Waals surface area contributed by atoms with Gasteiger partial charge in [-0.25, -0.2) is 5.48 Å². The first-order valence-electron chi connectivity index (χ1n) is 8.35. The normalized spacial score (nSPS) is 14.2. The van der Waals surface area contributed by atoms with Crippen molar-refractivity contribution in [2.24, 2.45) is 0 Å². The fourth-order valence-corrected chi connectivity index (χ4v) is 2.96. The van der Waals surface area contributed by atoms with Gasteiger partial charge in [-0.2, -0.15) is 5.10 Å². The third kappa shape index (κ3) is 3.28. The lowest BCUT2D eigenvalue weighted by Crippen LogP contribution is -2.47. The van der Waals surface area contributed by atoms with Gasteiger partial charge in [0, 0.05) is 23.9 Å². The van der Waals surface area contributed by atoms with Crippen LogP contribution in [0.25, 0.3) is 0 Å². The van der Waals surface area contributed by atoms with E-state index in [1.165, 1.54) is 0 Å². The Labute approximate surface area is 151 Å². The average molecular weight is 358 g/mol. The average Bonchev–Trinajstić information content (AvgIpc) is 2.96. The van der Waals surface area contributed by atoms with Crippen LogP contribution in [0.3, 0.4) is 0 Å². The Kier molecular flexibility index (Phi) is 4.69. The van der Waals surface area contributed by atoms with Crippen LogP contribution in [0.4, 0.5) is 0 Å². The Bertz CT molecular complexity index is 843. The SMILES string of the molecule is Cc1ccn(C(C)(C)C(=O)N2CCOc3cc(C(=O)NO)ccc3C2)n1. The number of carbonyl (C=O) groups is 2. The van der Waals surface area contributed by atoms with Gasteiger partial charge in [0.2, 0.25) is 5.91 Å². The van der Waals surface area contributed by atoms with E-state index >= 15 is 0 Å². The zero-order valence-electron chi connectivity index (χ0n) is 15.0. The molecule has 0 saturated heterocycles. The first-order chi connectivity index (χ1) is 12.3. The van der Waals surface area contributed by atoms with E-state index in [0.717, 1.165) is 11.3 Å². The molecular weight excluding hydrogens is 336 g/mol. The number of nitrogens with zero attached hydrogens (tertiary/aromatic N) is 3. The number of hydrogen-bond donors (Lipinski definition) is 2. The van der Waals surface area contributed by atoms with Crippen molar-refractivity contribution >= 4 is 11.8 Å². The summed E-state index contributed by atoms with van der Waals surface area (Å²) in [6.45, 7) is 6.67. The molecule has 0 radical (unpaired) electrons. The molecule has 0 saturated carbocycles. The number of ether oxygens (including phenoxy) is 1. The molecule has 8 heteroatoms. The third-order valence-electron chi connectivity index (χ3n) is 4.52. The fourth-order valence-electron chi connectivity index (χ4n) is 2.96. The molecule has 2 aromatic rings. The van der Waals surface area contributed by atoms with Crippen LogP contribution in [0, 0.1) is 6.92 Å². The summed E-state index contributed by atoms with van der Waals surface area (Å²) < 4.78 is 7.38. The second-order valence-electron chi connectivity index (χ2n) is 6.80. The van der Waals surface area contributed by atoms with Crippen LogP contribution >= 0.6 is 0 Å². The summed E-state index contributed by atoms with van der Waals surface area (Å²) in [6.07, 6.45) is 1.80. The molecule has 1 aromatic carbocycles. The highest BCUT2D eigenvalue weighted by Crippen LogP contribution is 2.27. The highest BCUT2D eigenvalue weighted by molar-refractivity contribution is 5.93. The van der Waals surface area contributed by atoms with E-state index in [1.54, 1.807) is 39.5 Å². The lowest BCUT2D eigenvalue weighted by molar-refractivity contribution is -0.140. The molecule has 1 aromatic heterocycles. The van der Waals surface area contributed by atoms with Crippen molar-refractivity contribution in [3.05, 3.63) is 47.3 Å². The maximum absolute atomic E-state index is 13.1. The summed E-state index contributed by atoms with van der Waals surface area (Å²) in [6, 6.07) is 6.75. The van der Waals surface area contributed by atoms with E-state index < -0.39 is 11.4 Å². The number of amides is 2. The third-order valence-corrected chi connectivity index (χ3v) is 4.52. The second kappa shape index (κ2) is 6.80. The molecule has 0 bridgehead atoms. The number of hydrogen-bond acceptors (Lipinski definition) is 5. The van der Waals surface area contributed by atoms with E-state index in [9.17, 15) is 9.59 Å². The maximum atomic E-state index is 13.1. The Hall–Kier alpha value is -2.87. The van der Waals surface area contributed by atoms with Gasteiger partial charge in [0.15, 0.2) is 0 Å². The highest BCUT2D eigenvalue weighted by atomic mass is 16.5. The molecule has 138 valence electrons. The summed E-state index contributed by atoms with van der Waals surface area (Å²) >= 11 is 0. The highest BCUT2D eigenvalue weighted by Gasteiger charge is 2.35. The second-order valence-corrected chi connectivity index (χ2v) is 6.80. The minimum absolute atomic E-state index is 0.0609. The van der Waals surface area contributed by atoms with Crippen molar-refractivity contribution in [3.8, 4) is 5.75 Å². The summed E-state index contributed by atoms with van der Waals surface area (Å²) in [5.74, 6) is -0.132. The number of aromatic nitrogens is 2. The van der Waals surface area contributed by atoms with E-state index in [2.05, 4.69) is 5.10 Å². The number of nitrogens with one attached hydrogen (secondary N) is 1. The van der Waals surface area contributed by atoms with Gasteiger partial charge in [-0.3, -0.25) is 19.5 Å². The van der Waals surface area contributed by atoms with Crippen LogP contribution in [0.5, 0.6) is 5.75 Å². The lowest BCUT2D eigenvalue weighted by atomic mass is 10.0. The smallest absolute Gasteiger partial charge is 0.274 e. The molecule has 1 aliphatic rings. The number of hydroxylamine groups is 1. The van der Waals surface area contributed by atoms with Gasteiger partial charge in [0.25, 0.3) is 5.91 Å². The monoisotopic (exact) mass is 358 g/mol. The molecular formula is C18H22N4O4. The molecule has 26 heavy (non-hydrogen) atoms. The maximum Gasteiger partial charge on any atom is 0.274 e. The van der Waals surface area contributed by atoms with Gasteiger partial charge in [0.1, 0.15) is 17.9 Å². The fraction of sp³-hybridized carbons (Fsp3) is 0.389. The standard InChI is InChI=1S/C18H22N4O4/c1-12-6-7-22(19-12)18(2,3)17(24)21-8-9-26-15-10-13(16(23)20-25)4-5-14(15)11-21/h4-7,10,25H,8-9,11H2,1-3H3,(H,20,23). The van der Waals surface area contributed by atoms with Crippen LogP contribution in [0.1, 0.15) is 35.5 Å². The quantitative estimate of drug-likeness (QED) is 0.640. The predicted octanol–water partition coefficient (Wildman–Crippen LogP) is 1.47. The van der Waals surface area contributed by atoms with Crippen LogP contribution in [-0.2, 0) is 16.9 Å². The Balaban J connectivity index is 1.84. The largest absolute Gasteiger partial charge is 0.491 e. The first kappa shape index (κ1) is 17.9. The summed E-state index contributed by atoms with van der Waals surface area (Å²) in [5, 5.41) is 13.1. The van der Waals surface area contributed by atoms with Crippen molar-refractivity contribution in [1.82, 2.24) is 20.2 Å². The molecule has 0 spiro atoms. The van der Waals surface area contributed by atoms with Gasteiger partial charge in [0.05, 0.1) is 12.2 Å². The van der Waals surface area contributed by atoms with E-state index in [1.807, 2.05) is 26.8 Å². The Morgan fingerprint density at radius 1 is 1.31 bits per heavy atom. The zero-order valence-corrected chi connectivity index (χ0v) is 15.0. The number of benzene rings is 1. The molecule has 0 atom stereocenters. The van der Waals surface area contributed by atoms with Crippen LogP contribution < -0.4 is 10.2 Å². The number of aryl methyl sites for hydroxylation is 1. The molecule has 0 aliphatic carbocycles. The molecule has 2 heterocycles. The molecule has 2 amide bonds. The Morgan fingerprint density at radius 2 is 2.08 bits per heavy atom. The lowest BCUT2D eigenvalue weighted by Gasteiger charge is -2.31. The van der Waals surface area contributed by atoms with Gasteiger partial charge in [-0.1, -0.05) is 6.07 Å². The molecule has 3 rings (SSSR count). The van der Waals surface area contributed by atoms with Gasteiger partial charge < -0.3 is 9.64 Å². The van der Waals surface area contributed by atoms with Crippen molar-refractivity contribution in [3.63, 3.8) is 0 Å². The van der Waals surface area contributed by atoms with Crippen molar-refractivity contribution < 1.29 is 19.5 Å². The van der Waals surface area contributed by atoms with Crippen molar-refractivity contribution in [2.45, 2.75) is 32.9 Å². The number of fused-ring (bicyclic) bond motifs is 1. The summed E-state index contributed by atoms with van der Waals surface area (Å²) in [4.78, 5) is 26.4. The Morgan fingerprint density at radius 3 is 2.73 bits per heavy atom. The number of carbonyl (C=O) groups excluding carboxylic acids is 2. The van der Waals surface area contributed by atoms with E-state index in [4.69, 9.17) is 9.94 Å². The molecule has 0 fully saturated rings. The first-order valence-corrected chi connectivity index (χ1v) is 8.35. The summed E-state index contributed by atoms with van der Waals surface area (Å²) in [5.41, 5.74) is 2.72. The van der Waals surface area contributed by atoms with Crippen molar-refractivity contribution in [2.75, 3.05) is 13.2 Å². The topological polar surface area (TPSA) is 96.7 Å². The predicted molar refractivity (Wildman–Crippen MR) is 92.9 cm³/mol. The van der Waals surface area contributed by atoms with E-state index in [0.29, 0.717) is 31.0 Å². The van der Waals surface area contributed by atoms with Crippen LogP contribution in [0.2, 0.25) is 0 Å². The molecule has 1 aliphatic heterocycles. The van der Waals surface area contributed by atoms with Gasteiger partial charge in [-0.15, -0.1) is 0 Å². The molecule has 2 N–H and O–H groups in total. The van der Waals surface area contributed by atoms with E-state index in [-0.39, 0.29) is 5.91 Å². The molecule has 8 nitrogen and oxygen atoms in total. The number of rotatable bonds is 3.